The lowest BCUT2D eigenvalue weighted by Crippen LogP contribution is -2.31. The zero-order valence-electron chi connectivity index (χ0n) is 15.5. The van der Waals surface area contributed by atoms with Crippen molar-refractivity contribution in [2.24, 2.45) is 0 Å². The van der Waals surface area contributed by atoms with Gasteiger partial charge in [0.2, 0.25) is 0 Å². The maximum Gasteiger partial charge on any atom is 0.325 e. The van der Waals surface area contributed by atoms with Crippen molar-refractivity contribution in [3.05, 3.63) is 63.7 Å². The number of hydrogen-bond donors (Lipinski definition) is 1. The molecule has 2 aromatic rings. The third-order valence-corrected chi connectivity index (χ3v) is 3.73. The molecule has 2 rings (SSSR count). The summed E-state index contributed by atoms with van der Waals surface area (Å²) in [6.07, 6.45) is 0. The van der Waals surface area contributed by atoms with Gasteiger partial charge in [0.15, 0.2) is 5.75 Å². The van der Waals surface area contributed by atoms with E-state index < -0.39 is 16.8 Å². The molecule has 148 valence electrons. The first-order valence-electron chi connectivity index (χ1n) is 8.37. The molecule has 0 bridgehead atoms. The van der Waals surface area contributed by atoms with E-state index in [0.717, 1.165) is 11.6 Å². The van der Waals surface area contributed by atoms with Gasteiger partial charge in [-0.15, -0.1) is 0 Å². The van der Waals surface area contributed by atoms with Gasteiger partial charge in [0.05, 0.1) is 12.0 Å². The maximum atomic E-state index is 12.1. The van der Waals surface area contributed by atoms with Crippen LogP contribution in [0.25, 0.3) is 0 Å². The molecular formula is C19H20N2O7. The van der Waals surface area contributed by atoms with Crippen molar-refractivity contribution in [1.29, 1.82) is 0 Å². The average molecular weight is 388 g/mol. The largest absolute Gasteiger partial charge is 0.490 e. The Morgan fingerprint density at radius 2 is 1.86 bits per heavy atom. The molecule has 0 aliphatic heterocycles. The number of benzene rings is 2. The number of nitro groups is 1. The van der Waals surface area contributed by atoms with Gasteiger partial charge in [0.25, 0.3) is 5.91 Å². The van der Waals surface area contributed by atoms with E-state index in [-0.39, 0.29) is 36.8 Å². The molecule has 2 aromatic carbocycles. The molecule has 0 radical (unpaired) electrons. The first-order valence-corrected chi connectivity index (χ1v) is 8.37. The Morgan fingerprint density at radius 3 is 2.54 bits per heavy atom. The van der Waals surface area contributed by atoms with Crippen LogP contribution in [-0.4, -0.2) is 43.7 Å². The topological polar surface area (TPSA) is 117 Å². The molecular weight excluding hydrogens is 368 g/mol. The van der Waals surface area contributed by atoms with Crippen LogP contribution in [0.4, 0.5) is 5.69 Å². The Morgan fingerprint density at radius 1 is 1.11 bits per heavy atom. The predicted octanol–water partition coefficient (Wildman–Crippen LogP) is 2.26. The van der Waals surface area contributed by atoms with Crippen LogP contribution >= 0.6 is 0 Å². The van der Waals surface area contributed by atoms with E-state index in [1.165, 1.54) is 19.2 Å². The van der Waals surface area contributed by atoms with Crippen molar-refractivity contribution < 1.29 is 28.7 Å². The molecule has 0 saturated carbocycles. The third kappa shape index (κ3) is 5.70. The normalized spacial score (nSPS) is 10.1. The Labute approximate surface area is 161 Å². The van der Waals surface area contributed by atoms with E-state index in [1.54, 1.807) is 0 Å². The number of carbonyl (C=O) groups is 2. The SMILES string of the molecule is COc1ccc(C(=O)NCC(=O)OCCOc2ccccc2C)cc1[N+](=O)[O-]. The van der Waals surface area contributed by atoms with Gasteiger partial charge >= 0.3 is 11.7 Å². The van der Waals surface area contributed by atoms with Crippen LogP contribution in [-0.2, 0) is 9.53 Å². The molecule has 0 saturated heterocycles. The minimum absolute atomic E-state index is 0.0248. The summed E-state index contributed by atoms with van der Waals surface area (Å²) in [5.74, 6) is -0.550. The van der Waals surface area contributed by atoms with E-state index in [4.69, 9.17) is 14.2 Å². The lowest BCUT2D eigenvalue weighted by atomic mass is 10.1. The van der Waals surface area contributed by atoms with E-state index in [2.05, 4.69) is 5.32 Å². The van der Waals surface area contributed by atoms with Gasteiger partial charge in [-0.1, -0.05) is 18.2 Å². The number of aryl methyl sites for hydroxylation is 1. The van der Waals surface area contributed by atoms with E-state index in [9.17, 15) is 19.7 Å². The summed E-state index contributed by atoms with van der Waals surface area (Å²) in [5.41, 5.74) is 0.656. The highest BCUT2D eigenvalue weighted by Crippen LogP contribution is 2.27. The number of amides is 1. The van der Waals surface area contributed by atoms with Crippen LogP contribution in [0.15, 0.2) is 42.5 Å². The minimum atomic E-state index is -0.654. The highest BCUT2D eigenvalue weighted by molar-refractivity contribution is 5.96. The van der Waals surface area contributed by atoms with Gasteiger partial charge in [-0.25, -0.2) is 0 Å². The minimum Gasteiger partial charge on any atom is -0.490 e. The Kier molecular flexibility index (Phi) is 7.32. The van der Waals surface area contributed by atoms with Crippen molar-refractivity contribution in [1.82, 2.24) is 5.32 Å². The maximum absolute atomic E-state index is 12.1. The Hall–Kier alpha value is -3.62. The highest BCUT2D eigenvalue weighted by Gasteiger charge is 2.18. The van der Waals surface area contributed by atoms with Crippen LogP contribution in [0.5, 0.6) is 11.5 Å². The summed E-state index contributed by atoms with van der Waals surface area (Å²) >= 11 is 0. The summed E-state index contributed by atoms with van der Waals surface area (Å²) in [5, 5.41) is 13.4. The molecule has 1 amide bonds. The summed E-state index contributed by atoms with van der Waals surface area (Å²) in [4.78, 5) is 34.1. The fourth-order valence-corrected chi connectivity index (χ4v) is 2.30. The van der Waals surface area contributed by atoms with Crippen LogP contribution in [0.3, 0.4) is 0 Å². The van der Waals surface area contributed by atoms with E-state index in [0.29, 0.717) is 5.75 Å². The average Bonchev–Trinajstić information content (AvgIpc) is 2.70. The summed E-state index contributed by atoms with van der Waals surface area (Å²) in [6.45, 7) is 1.73. The number of rotatable bonds is 9. The number of nitro benzene ring substituents is 1. The standard InChI is InChI=1S/C19H20N2O7/c1-13-5-3-4-6-16(13)27-9-10-28-18(22)12-20-19(23)14-7-8-17(26-2)15(11-14)21(24)25/h3-8,11H,9-10,12H2,1-2H3,(H,20,23). The van der Waals surface area contributed by atoms with Crippen molar-refractivity contribution in [2.75, 3.05) is 26.9 Å². The quantitative estimate of drug-likeness (QED) is 0.303. The van der Waals surface area contributed by atoms with Gasteiger partial charge in [-0.2, -0.15) is 0 Å². The number of para-hydroxylation sites is 1. The fraction of sp³-hybridized carbons (Fsp3) is 0.263. The first-order chi connectivity index (χ1) is 13.4. The summed E-state index contributed by atoms with van der Waals surface area (Å²) < 4.78 is 15.4. The lowest BCUT2D eigenvalue weighted by molar-refractivity contribution is -0.385. The van der Waals surface area contributed by atoms with Gasteiger partial charge in [0, 0.05) is 11.6 Å². The molecule has 9 heteroatoms. The first kappa shape index (κ1) is 20.7. The molecule has 1 N–H and O–H groups in total. The number of methoxy groups -OCH3 is 1. The van der Waals surface area contributed by atoms with E-state index >= 15 is 0 Å². The van der Waals surface area contributed by atoms with Gasteiger partial charge in [-0.05, 0) is 30.7 Å². The molecule has 0 unspecified atom stereocenters. The van der Waals surface area contributed by atoms with Gasteiger partial charge in [0.1, 0.15) is 25.5 Å². The van der Waals surface area contributed by atoms with Crippen molar-refractivity contribution in [3.63, 3.8) is 0 Å². The molecule has 0 atom stereocenters. The monoisotopic (exact) mass is 388 g/mol. The second-order valence-corrected chi connectivity index (χ2v) is 5.66. The molecule has 0 aromatic heterocycles. The number of nitrogens with zero attached hydrogens (tertiary/aromatic N) is 1. The second kappa shape index (κ2) is 9.91. The summed E-state index contributed by atoms with van der Waals surface area (Å²) in [7, 11) is 1.29. The van der Waals surface area contributed by atoms with E-state index in [1.807, 2.05) is 31.2 Å². The third-order valence-electron chi connectivity index (χ3n) is 3.73. The van der Waals surface area contributed by atoms with Gasteiger partial charge in [-0.3, -0.25) is 19.7 Å². The number of nitrogens with one attached hydrogen (secondary N) is 1. The summed E-state index contributed by atoms with van der Waals surface area (Å²) in [6, 6.07) is 11.2. The number of esters is 1. The smallest absolute Gasteiger partial charge is 0.325 e. The predicted molar refractivity (Wildman–Crippen MR) is 99.6 cm³/mol. The van der Waals surface area contributed by atoms with Crippen molar-refractivity contribution in [2.45, 2.75) is 6.92 Å². The molecule has 28 heavy (non-hydrogen) atoms. The zero-order valence-corrected chi connectivity index (χ0v) is 15.5. The fourth-order valence-electron chi connectivity index (χ4n) is 2.30. The molecule has 9 nitrogen and oxygen atoms in total. The molecule has 0 fully saturated rings. The number of carbonyl (C=O) groups excluding carboxylic acids is 2. The second-order valence-electron chi connectivity index (χ2n) is 5.66. The number of hydrogen-bond acceptors (Lipinski definition) is 7. The van der Waals surface area contributed by atoms with Crippen LogP contribution in [0.2, 0.25) is 0 Å². The molecule has 0 aliphatic rings. The van der Waals surface area contributed by atoms with Crippen LogP contribution in [0.1, 0.15) is 15.9 Å². The molecule has 0 spiro atoms. The Bertz CT molecular complexity index is 867. The highest BCUT2D eigenvalue weighted by atomic mass is 16.6. The molecule has 0 aliphatic carbocycles. The molecule has 0 heterocycles. The van der Waals surface area contributed by atoms with Crippen molar-refractivity contribution in [3.8, 4) is 11.5 Å². The lowest BCUT2D eigenvalue weighted by Gasteiger charge is -2.10. The van der Waals surface area contributed by atoms with Gasteiger partial charge < -0.3 is 19.5 Å². The van der Waals surface area contributed by atoms with Crippen LogP contribution in [0, 0.1) is 17.0 Å². The van der Waals surface area contributed by atoms with Crippen LogP contribution < -0.4 is 14.8 Å². The number of ether oxygens (including phenoxy) is 3. The van der Waals surface area contributed by atoms with Crippen molar-refractivity contribution >= 4 is 17.6 Å². The zero-order chi connectivity index (χ0) is 20.5. The Balaban J connectivity index is 1.78.